The van der Waals surface area contributed by atoms with Gasteiger partial charge in [-0.25, -0.2) is 4.98 Å². The Morgan fingerprint density at radius 3 is 2.50 bits per heavy atom. The lowest BCUT2D eigenvalue weighted by Gasteiger charge is -2.36. The number of benzene rings is 2. The zero-order valence-electron chi connectivity index (χ0n) is 19.2. The number of anilines is 3. The minimum atomic E-state index is 0.202. The van der Waals surface area contributed by atoms with Crippen molar-refractivity contribution in [2.45, 2.75) is 20.3 Å². The summed E-state index contributed by atoms with van der Waals surface area (Å²) in [6.07, 6.45) is 0.543. The first-order valence-corrected chi connectivity index (χ1v) is 11.8. The van der Waals surface area contributed by atoms with Gasteiger partial charge in [0, 0.05) is 55.6 Å². The number of hydrogen-bond donors (Lipinski definition) is 1. The highest BCUT2D eigenvalue weighted by Crippen LogP contribution is 2.31. The Labute approximate surface area is 203 Å². The summed E-state index contributed by atoms with van der Waals surface area (Å²) in [5.41, 5.74) is 3.59. The minimum Gasteiger partial charge on any atom is -0.367 e. The first-order chi connectivity index (χ1) is 16.5. The molecule has 1 fully saturated rings. The van der Waals surface area contributed by atoms with E-state index in [9.17, 15) is 4.79 Å². The van der Waals surface area contributed by atoms with E-state index in [1.54, 1.807) is 4.52 Å². The van der Waals surface area contributed by atoms with E-state index >= 15 is 0 Å². The van der Waals surface area contributed by atoms with Gasteiger partial charge in [0.05, 0.1) is 10.7 Å². The molecule has 174 valence electrons. The van der Waals surface area contributed by atoms with Crippen molar-refractivity contribution in [1.82, 2.24) is 24.5 Å². The van der Waals surface area contributed by atoms with Crippen LogP contribution in [0.15, 0.2) is 54.6 Å². The lowest BCUT2D eigenvalue weighted by Crippen LogP contribution is -2.48. The van der Waals surface area contributed by atoms with Gasteiger partial charge in [-0.2, -0.15) is 9.50 Å². The fraction of sp³-hybridized carbons (Fsp3) is 0.280. The fourth-order valence-electron chi connectivity index (χ4n) is 4.19. The van der Waals surface area contributed by atoms with Crippen LogP contribution in [0.2, 0.25) is 5.02 Å². The van der Waals surface area contributed by atoms with Gasteiger partial charge in [0.15, 0.2) is 5.82 Å². The number of amides is 1. The van der Waals surface area contributed by atoms with Gasteiger partial charge in [0.2, 0.25) is 5.91 Å². The van der Waals surface area contributed by atoms with E-state index in [4.69, 9.17) is 11.6 Å². The second kappa shape index (κ2) is 9.30. The monoisotopic (exact) mass is 475 g/mol. The molecule has 1 N–H and O–H groups in total. The molecule has 0 aliphatic carbocycles. The normalized spacial score (nSPS) is 14.0. The molecule has 1 aliphatic rings. The molecule has 0 atom stereocenters. The molecule has 2 aromatic heterocycles. The van der Waals surface area contributed by atoms with Crippen molar-refractivity contribution in [1.29, 1.82) is 0 Å². The Hall–Kier alpha value is -3.65. The van der Waals surface area contributed by atoms with Crippen LogP contribution in [-0.2, 0) is 4.79 Å². The highest BCUT2D eigenvalue weighted by atomic mass is 35.5. The summed E-state index contributed by atoms with van der Waals surface area (Å²) < 4.78 is 1.71. The van der Waals surface area contributed by atoms with Gasteiger partial charge < -0.3 is 15.1 Å². The first kappa shape index (κ1) is 22.2. The van der Waals surface area contributed by atoms with Crippen molar-refractivity contribution >= 4 is 40.5 Å². The molecule has 9 heteroatoms. The quantitative estimate of drug-likeness (QED) is 0.456. The van der Waals surface area contributed by atoms with E-state index in [1.165, 1.54) is 0 Å². The van der Waals surface area contributed by atoms with Crippen LogP contribution in [0, 0.1) is 6.92 Å². The largest absolute Gasteiger partial charge is 0.367 e. The lowest BCUT2D eigenvalue weighted by molar-refractivity contribution is -0.131. The summed E-state index contributed by atoms with van der Waals surface area (Å²) in [6.45, 7) is 6.80. The third-order valence-corrected chi connectivity index (χ3v) is 6.27. The summed E-state index contributed by atoms with van der Waals surface area (Å²) in [7, 11) is 0. The number of piperazine rings is 1. The number of nitrogens with zero attached hydrogens (tertiary/aromatic N) is 6. The number of rotatable bonds is 5. The van der Waals surface area contributed by atoms with E-state index in [2.05, 4.69) is 25.3 Å². The van der Waals surface area contributed by atoms with Gasteiger partial charge in [-0.05, 0) is 25.1 Å². The van der Waals surface area contributed by atoms with Crippen molar-refractivity contribution in [2.24, 2.45) is 0 Å². The Kier molecular flexibility index (Phi) is 6.06. The first-order valence-electron chi connectivity index (χ1n) is 11.4. The number of aromatic nitrogens is 4. The van der Waals surface area contributed by atoms with E-state index in [1.807, 2.05) is 73.3 Å². The second-order valence-corrected chi connectivity index (χ2v) is 8.72. The predicted octanol–water partition coefficient (Wildman–Crippen LogP) is 4.56. The number of carbonyl (C=O) groups is 1. The number of hydrogen-bond acceptors (Lipinski definition) is 6. The van der Waals surface area contributed by atoms with Crippen LogP contribution in [0.3, 0.4) is 0 Å². The molecule has 1 aliphatic heterocycles. The zero-order chi connectivity index (χ0) is 23.7. The Morgan fingerprint density at radius 1 is 1.03 bits per heavy atom. The highest BCUT2D eigenvalue weighted by molar-refractivity contribution is 6.33. The summed E-state index contributed by atoms with van der Waals surface area (Å²) in [5, 5.41) is 8.74. The zero-order valence-corrected chi connectivity index (χ0v) is 20.0. The molecular weight excluding hydrogens is 450 g/mol. The van der Waals surface area contributed by atoms with Crippen LogP contribution in [-0.4, -0.2) is 56.6 Å². The summed E-state index contributed by atoms with van der Waals surface area (Å²) >= 11 is 6.68. The predicted molar refractivity (Wildman–Crippen MR) is 135 cm³/mol. The Bertz CT molecular complexity index is 1330. The van der Waals surface area contributed by atoms with Gasteiger partial charge in [0.25, 0.3) is 5.78 Å². The standard InChI is InChI=1S/C25H26ClN7O/c1-3-23(34)32-13-11-31(12-14-32)21-10-9-19(16-20(21)26)28-22-15-17(2)27-25-29-24(30-33(22)25)18-7-5-4-6-8-18/h4-10,15-16,28H,3,11-14H2,1-2H3. The van der Waals surface area contributed by atoms with Gasteiger partial charge in [-0.3, -0.25) is 4.79 Å². The molecule has 2 aromatic carbocycles. The SMILES string of the molecule is CCC(=O)N1CCN(c2ccc(Nc3cc(C)nc4nc(-c5ccccc5)nn34)cc2Cl)CC1. The van der Waals surface area contributed by atoms with E-state index in [0.29, 0.717) is 36.1 Å². The molecule has 34 heavy (non-hydrogen) atoms. The smallest absolute Gasteiger partial charge is 0.254 e. The maximum atomic E-state index is 12.0. The fourth-order valence-corrected chi connectivity index (χ4v) is 4.49. The van der Waals surface area contributed by atoms with Crippen LogP contribution in [0.1, 0.15) is 19.0 Å². The highest BCUT2D eigenvalue weighted by Gasteiger charge is 2.21. The molecular formula is C25H26ClN7O. The number of halogens is 1. The Balaban J connectivity index is 1.38. The summed E-state index contributed by atoms with van der Waals surface area (Å²) in [6, 6.07) is 17.7. The minimum absolute atomic E-state index is 0.202. The van der Waals surface area contributed by atoms with Crippen molar-refractivity contribution in [3.63, 3.8) is 0 Å². The van der Waals surface area contributed by atoms with E-state index < -0.39 is 0 Å². The number of carbonyl (C=O) groups excluding carboxylic acids is 1. The average molecular weight is 476 g/mol. The van der Waals surface area contributed by atoms with Gasteiger partial charge in [-0.1, -0.05) is 48.9 Å². The molecule has 0 bridgehead atoms. The van der Waals surface area contributed by atoms with Gasteiger partial charge in [0.1, 0.15) is 5.82 Å². The summed E-state index contributed by atoms with van der Waals surface area (Å²) in [4.78, 5) is 25.2. The van der Waals surface area contributed by atoms with Crippen LogP contribution in [0.4, 0.5) is 17.2 Å². The molecule has 1 saturated heterocycles. The number of nitrogens with one attached hydrogen (secondary N) is 1. The van der Waals surface area contributed by atoms with Crippen molar-refractivity contribution in [2.75, 3.05) is 36.4 Å². The number of aryl methyl sites for hydroxylation is 1. The Morgan fingerprint density at radius 2 is 1.79 bits per heavy atom. The molecule has 5 rings (SSSR count). The molecule has 0 saturated carbocycles. The summed E-state index contributed by atoms with van der Waals surface area (Å²) in [5.74, 6) is 2.11. The van der Waals surface area contributed by atoms with Gasteiger partial charge >= 0.3 is 0 Å². The topological polar surface area (TPSA) is 78.7 Å². The third-order valence-electron chi connectivity index (χ3n) is 5.97. The van der Waals surface area contributed by atoms with Crippen molar-refractivity contribution < 1.29 is 4.79 Å². The third kappa shape index (κ3) is 4.41. The number of fused-ring (bicyclic) bond motifs is 1. The molecule has 1 amide bonds. The maximum absolute atomic E-state index is 12.0. The lowest BCUT2D eigenvalue weighted by atomic mass is 10.2. The maximum Gasteiger partial charge on any atom is 0.254 e. The van der Waals surface area contributed by atoms with Crippen LogP contribution in [0.25, 0.3) is 17.2 Å². The molecule has 8 nitrogen and oxygen atoms in total. The van der Waals surface area contributed by atoms with Crippen LogP contribution >= 0.6 is 11.6 Å². The van der Waals surface area contributed by atoms with Crippen LogP contribution < -0.4 is 10.2 Å². The van der Waals surface area contributed by atoms with E-state index in [-0.39, 0.29) is 5.91 Å². The average Bonchev–Trinajstić information content (AvgIpc) is 3.29. The molecule has 0 spiro atoms. The van der Waals surface area contributed by atoms with Crippen molar-refractivity contribution in [3.05, 3.63) is 65.3 Å². The molecule has 0 radical (unpaired) electrons. The molecule has 4 aromatic rings. The van der Waals surface area contributed by atoms with E-state index in [0.717, 1.165) is 41.5 Å². The van der Waals surface area contributed by atoms with Crippen LogP contribution in [0.5, 0.6) is 0 Å². The van der Waals surface area contributed by atoms with Crippen molar-refractivity contribution in [3.8, 4) is 11.4 Å². The second-order valence-electron chi connectivity index (χ2n) is 8.31. The van der Waals surface area contributed by atoms with Gasteiger partial charge in [-0.15, -0.1) is 5.10 Å². The molecule has 3 heterocycles. The molecule has 0 unspecified atom stereocenters.